The first-order valence-electron chi connectivity index (χ1n) is 9.02. The summed E-state index contributed by atoms with van der Waals surface area (Å²) in [7, 11) is 0. The summed E-state index contributed by atoms with van der Waals surface area (Å²) >= 11 is 0. The highest BCUT2D eigenvalue weighted by molar-refractivity contribution is 5.86. The van der Waals surface area contributed by atoms with Gasteiger partial charge in [-0.3, -0.25) is 4.79 Å². The van der Waals surface area contributed by atoms with Crippen LogP contribution in [0.5, 0.6) is 0 Å². The van der Waals surface area contributed by atoms with Crippen LogP contribution >= 0.6 is 0 Å². The second-order valence-corrected chi connectivity index (χ2v) is 7.44. The Labute approximate surface area is 137 Å². The van der Waals surface area contributed by atoms with Crippen LogP contribution in [-0.4, -0.2) is 11.9 Å². The normalized spacial score (nSPS) is 35.3. The maximum absolute atomic E-state index is 12.6. The predicted octanol–water partition coefficient (Wildman–Crippen LogP) is 4.52. The van der Waals surface area contributed by atoms with Crippen molar-refractivity contribution in [2.75, 3.05) is 0 Å². The Kier molecular flexibility index (Phi) is 3.01. The second-order valence-electron chi connectivity index (χ2n) is 7.44. The third-order valence-electron chi connectivity index (χ3n) is 6.22. The molecule has 5 rings (SSSR count). The van der Waals surface area contributed by atoms with Gasteiger partial charge in [-0.25, -0.2) is 0 Å². The van der Waals surface area contributed by atoms with Crippen molar-refractivity contribution >= 4 is 11.5 Å². The number of hydrogen-bond acceptors (Lipinski definition) is 2. The van der Waals surface area contributed by atoms with Gasteiger partial charge in [-0.2, -0.15) is 0 Å². The molecule has 4 aliphatic rings. The minimum atomic E-state index is 0.194. The summed E-state index contributed by atoms with van der Waals surface area (Å²) in [5.74, 6) is 2.68. The van der Waals surface area contributed by atoms with Gasteiger partial charge < -0.3 is 4.74 Å². The van der Waals surface area contributed by atoms with Gasteiger partial charge >= 0.3 is 0 Å². The van der Waals surface area contributed by atoms with Crippen molar-refractivity contribution in [3.8, 4) is 0 Å². The summed E-state index contributed by atoms with van der Waals surface area (Å²) in [6, 6.07) is 10.5. The average molecular weight is 306 g/mol. The molecule has 0 aromatic heterocycles. The standard InChI is InChI=1S/C21H22O2/c22-17-10-4-8-14-12-16-20-15(19(14)17)9-5-11-18(20)23-21(16)13-6-2-1-3-7-13/h1-3,6-7,12,15,18-20H,4-5,8-11H2/t15-,18-,19+,20-/m1/s1. The van der Waals surface area contributed by atoms with E-state index >= 15 is 0 Å². The molecule has 2 nitrogen and oxygen atoms in total. The summed E-state index contributed by atoms with van der Waals surface area (Å²) in [6.07, 6.45) is 9.03. The highest BCUT2D eigenvalue weighted by Gasteiger charge is 2.51. The van der Waals surface area contributed by atoms with Crippen LogP contribution in [0.4, 0.5) is 0 Å². The minimum Gasteiger partial charge on any atom is -0.489 e. The van der Waals surface area contributed by atoms with E-state index in [1.165, 1.54) is 29.6 Å². The summed E-state index contributed by atoms with van der Waals surface area (Å²) in [5, 5.41) is 0. The Morgan fingerprint density at radius 3 is 2.74 bits per heavy atom. The van der Waals surface area contributed by atoms with E-state index in [1.54, 1.807) is 0 Å². The van der Waals surface area contributed by atoms with Crippen LogP contribution in [0.2, 0.25) is 0 Å². The third-order valence-corrected chi connectivity index (χ3v) is 6.22. The first kappa shape index (κ1) is 13.6. The average Bonchev–Trinajstić information content (AvgIpc) is 2.96. The molecule has 0 bridgehead atoms. The van der Waals surface area contributed by atoms with Crippen LogP contribution in [0, 0.1) is 17.8 Å². The lowest BCUT2D eigenvalue weighted by Gasteiger charge is -2.43. The zero-order chi connectivity index (χ0) is 15.4. The highest BCUT2D eigenvalue weighted by Crippen LogP contribution is 2.55. The molecule has 1 heterocycles. The first-order chi connectivity index (χ1) is 11.3. The third kappa shape index (κ3) is 1.97. The van der Waals surface area contributed by atoms with Crippen LogP contribution < -0.4 is 0 Å². The quantitative estimate of drug-likeness (QED) is 0.762. The number of hydrogen-bond donors (Lipinski definition) is 0. The molecule has 0 radical (unpaired) electrons. The molecule has 23 heavy (non-hydrogen) atoms. The van der Waals surface area contributed by atoms with Crippen LogP contribution in [0.3, 0.4) is 0 Å². The molecule has 4 atom stereocenters. The number of rotatable bonds is 1. The number of allylic oxidation sites excluding steroid dienone is 2. The van der Waals surface area contributed by atoms with Gasteiger partial charge in [0.05, 0.1) is 0 Å². The maximum Gasteiger partial charge on any atom is 0.140 e. The van der Waals surface area contributed by atoms with Crippen molar-refractivity contribution in [1.29, 1.82) is 0 Å². The molecule has 2 fully saturated rings. The van der Waals surface area contributed by atoms with Crippen molar-refractivity contribution in [2.24, 2.45) is 17.8 Å². The van der Waals surface area contributed by atoms with E-state index in [2.05, 4.69) is 36.4 Å². The number of fused-ring (bicyclic) bond motifs is 2. The van der Waals surface area contributed by atoms with Gasteiger partial charge in [-0.05, 0) is 38.0 Å². The van der Waals surface area contributed by atoms with Crippen molar-refractivity contribution in [1.82, 2.24) is 0 Å². The molecule has 0 unspecified atom stereocenters. The molecule has 1 aromatic carbocycles. The first-order valence-corrected chi connectivity index (χ1v) is 9.02. The van der Waals surface area contributed by atoms with Gasteiger partial charge in [0.15, 0.2) is 0 Å². The molecule has 2 heteroatoms. The number of carbonyl (C=O) groups excluding carboxylic acids is 1. The largest absolute Gasteiger partial charge is 0.489 e. The molecule has 0 saturated heterocycles. The SMILES string of the molecule is O=C1CCCC2=CC3=C(c4ccccc4)O[C@@H]4CCC[C@H]([C@@H]12)[C@H]34. The summed E-state index contributed by atoms with van der Waals surface area (Å²) in [6.45, 7) is 0. The minimum absolute atomic E-state index is 0.194. The zero-order valence-corrected chi connectivity index (χ0v) is 13.3. The van der Waals surface area contributed by atoms with Crippen molar-refractivity contribution in [3.63, 3.8) is 0 Å². The monoisotopic (exact) mass is 306 g/mol. The number of carbonyl (C=O) groups is 1. The van der Waals surface area contributed by atoms with E-state index in [0.29, 0.717) is 17.6 Å². The van der Waals surface area contributed by atoms with Crippen molar-refractivity contribution in [3.05, 3.63) is 53.1 Å². The van der Waals surface area contributed by atoms with Crippen LogP contribution in [0.25, 0.3) is 5.76 Å². The number of benzene rings is 1. The van der Waals surface area contributed by atoms with Crippen LogP contribution in [0.1, 0.15) is 44.1 Å². The van der Waals surface area contributed by atoms with Gasteiger partial charge in [0, 0.05) is 29.4 Å². The van der Waals surface area contributed by atoms with Gasteiger partial charge in [0.25, 0.3) is 0 Å². The Bertz CT molecular complexity index is 713. The van der Waals surface area contributed by atoms with E-state index < -0.39 is 0 Å². The van der Waals surface area contributed by atoms with Gasteiger partial charge in [0.2, 0.25) is 0 Å². The Morgan fingerprint density at radius 2 is 1.87 bits per heavy atom. The number of Topliss-reactive ketones (excluding diaryl/α,β-unsaturated/α-hetero) is 1. The Balaban J connectivity index is 1.67. The lowest BCUT2D eigenvalue weighted by atomic mass is 9.59. The molecular weight excluding hydrogens is 284 g/mol. The molecule has 1 aromatic rings. The topological polar surface area (TPSA) is 26.3 Å². The van der Waals surface area contributed by atoms with Gasteiger partial charge in [-0.15, -0.1) is 0 Å². The molecular formula is C21H22O2. The molecule has 118 valence electrons. The van der Waals surface area contributed by atoms with Gasteiger partial charge in [-0.1, -0.05) is 42.0 Å². The van der Waals surface area contributed by atoms with Crippen molar-refractivity contribution < 1.29 is 9.53 Å². The zero-order valence-electron chi connectivity index (χ0n) is 13.3. The van der Waals surface area contributed by atoms with Crippen LogP contribution in [0.15, 0.2) is 47.6 Å². The van der Waals surface area contributed by atoms with E-state index in [0.717, 1.165) is 31.4 Å². The second kappa shape index (κ2) is 5.09. The van der Waals surface area contributed by atoms with E-state index in [-0.39, 0.29) is 12.0 Å². The molecule has 0 amide bonds. The fourth-order valence-corrected chi connectivity index (χ4v) is 5.34. The molecule has 3 aliphatic carbocycles. The fraction of sp³-hybridized carbons (Fsp3) is 0.476. The molecule has 2 saturated carbocycles. The Morgan fingerprint density at radius 1 is 1.00 bits per heavy atom. The lowest BCUT2D eigenvalue weighted by molar-refractivity contribution is -0.126. The maximum atomic E-state index is 12.6. The summed E-state index contributed by atoms with van der Waals surface area (Å²) in [5.41, 5.74) is 3.96. The van der Waals surface area contributed by atoms with E-state index in [9.17, 15) is 4.79 Å². The van der Waals surface area contributed by atoms with E-state index in [1.807, 2.05) is 0 Å². The summed E-state index contributed by atoms with van der Waals surface area (Å²) < 4.78 is 6.43. The summed E-state index contributed by atoms with van der Waals surface area (Å²) in [4.78, 5) is 12.6. The lowest BCUT2D eigenvalue weighted by Crippen LogP contribution is -2.42. The van der Waals surface area contributed by atoms with Crippen molar-refractivity contribution in [2.45, 2.75) is 44.6 Å². The Hall–Kier alpha value is -1.83. The fourth-order valence-electron chi connectivity index (χ4n) is 5.34. The highest BCUT2D eigenvalue weighted by atomic mass is 16.5. The van der Waals surface area contributed by atoms with Crippen LogP contribution in [-0.2, 0) is 9.53 Å². The smallest absolute Gasteiger partial charge is 0.140 e. The van der Waals surface area contributed by atoms with E-state index in [4.69, 9.17) is 4.74 Å². The van der Waals surface area contributed by atoms with Gasteiger partial charge in [0.1, 0.15) is 17.6 Å². The number of ether oxygens (including phenoxy) is 1. The molecule has 1 aliphatic heterocycles. The predicted molar refractivity (Wildman–Crippen MR) is 89.5 cm³/mol. The molecule has 0 N–H and O–H groups in total. The molecule has 0 spiro atoms. The number of ketones is 1.